The van der Waals surface area contributed by atoms with Gasteiger partial charge in [-0.1, -0.05) is 25.4 Å². The normalized spacial score (nSPS) is 12.3. The zero-order valence-corrected chi connectivity index (χ0v) is 19.6. The Bertz CT molecular complexity index is 1100. The molecule has 0 heterocycles. The summed E-state index contributed by atoms with van der Waals surface area (Å²) in [5, 5.41) is 14.5. The van der Waals surface area contributed by atoms with E-state index in [2.05, 4.69) is 5.32 Å². The second kappa shape index (κ2) is 10.6. The monoisotopic (exact) mass is 485 g/mol. The zero-order valence-electron chi connectivity index (χ0n) is 18.0. The average molecular weight is 486 g/mol. The van der Waals surface area contributed by atoms with Crippen molar-refractivity contribution in [1.29, 1.82) is 0 Å². The number of nitro benzene ring substituents is 1. The molecule has 0 fully saturated rings. The number of carbonyl (C=O) groups excluding carboxylic acids is 1. The second-order valence-corrected chi connectivity index (χ2v) is 8.94. The first-order valence-electron chi connectivity index (χ1n) is 9.64. The molecule has 1 atom stereocenters. The minimum absolute atomic E-state index is 0.217. The summed E-state index contributed by atoms with van der Waals surface area (Å²) in [6.45, 7) is 5.17. The van der Waals surface area contributed by atoms with Crippen LogP contribution in [0.1, 0.15) is 20.8 Å². The topological polar surface area (TPSA) is 128 Å². The van der Waals surface area contributed by atoms with Crippen molar-refractivity contribution in [1.82, 2.24) is 4.31 Å². The van der Waals surface area contributed by atoms with Crippen molar-refractivity contribution in [2.24, 2.45) is 0 Å². The van der Waals surface area contributed by atoms with E-state index in [0.29, 0.717) is 16.5 Å². The number of benzene rings is 2. The molecule has 1 N–H and O–H groups in total. The highest BCUT2D eigenvalue weighted by Crippen LogP contribution is 2.32. The Morgan fingerprint density at radius 1 is 1.19 bits per heavy atom. The Balaban J connectivity index is 2.29. The lowest BCUT2D eigenvalue weighted by Crippen LogP contribution is -2.31. The van der Waals surface area contributed by atoms with Gasteiger partial charge in [-0.3, -0.25) is 14.9 Å². The molecule has 0 saturated carbocycles. The van der Waals surface area contributed by atoms with Crippen molar-refractivity contribution in [3.05, 3.63) is 51.5 Å². The zero-order chi connectivity index (χ0) is 24.1. The number of hydrogen-bond donors (Lipinski definition) is 1. The van der Waals surface area contributed by atoms with Gasteiger partial charge in [0.1, 0.15) is 5.75 Å². The van der Waals surface area contributed by atoms with E-state index in [4.69, 9.17) is 21.1 Å². The Hall–Kier alpha value is -2.89. The van der Waals surface area contributed by atoms with Crippen molar-refractivity contribution >= 4 is 38.9 Å². The van der Waals surface area contributed by atoms with E-state index >= 15 is 0 Å². The number of nitrogens with one attached hydrogen (secondary N) is 1. The highest BCUT2D eigenvalue weighted by Gasteiger charge is 2.28. The molecule has 1 amide bonds. The summed E-state index contributed by atoms with van der Waals surface area (Å²) in [5.41, 5.74) is -0.270. The lowest BCUT2D eigenvalue weighted by molar-refractivity contribution is -0.386. The number of methoxy groups -OCH3 is 1. The molecular formula is C20H24ClN3O7S. The third-order valence-electron chi connectivity index (χ3n) is 4.56. The molecule has 2 aromatic carbocycles. The fourth-order valence-corrected chi connectivity index (χ4v) is 4.52. The number of halogens is 1. The molecular weight excluding hydrogens is 462 g/mol. The van der Waals surface area contributed by atoms with Crippen LogP contribution in [-0.2, 0) is 14.8 Å². The maximum Gasteiger partial charge on any atom is 0.312 e. The first-order chi connectivity index (χ1) is 15.0. The van der Waals surface area contributed by atoms with Gasteiger partial charge < -0.3 is 14.8 Å². The molecule has 174 valence electrons. The summed E-state index contributed by atoms with van der Waals surface area (Å²) in [5.74, 6) is -0.485. The maximum absolute atomic E-state index is 12.7. The molecule has 0 aromatic heterocycles. The quantitative estimate of drug-likeness (QED) is 0.401. The second-order valence-electron chi connectivity index (χ2n) is 6.57. The van der Waals surface area contributed by atoms with Crippen LogP contribution in [0.25, 0.3) is 0 Å². The van der Waals surface area contributed by atoms with Gasteiger partial charge in [0.2, 0.25) is 10.0 Å². The van der Waals surface area contributed by atoms with Crippen LogP contribution in [0.5, 0.6) is 11.5 Å². The van der Waals surface area contributed by atoms with Crippen molar-refractivity contribution in [2.75, 3.05) is 25.5 Å². The largest absolute Gasteiger partial charge is 0.495 e. The summed E-state index contributed by atoms with van der Waals surface area (Å²) in [6.07, 6.45) is -1.15. The molecule has 0 aliphatic heterocycles. The number of carbonyl (C=O) groups is 1. The van der Waals surface area contributed by atoms with Crippen LogP contribution < -0.4 is 14.8 Å². The number of hydrogen-bond acceptors (Lipinski definition) is 7. The molecule has 0 radical (unpaired) electrons. The average Bonchev–Trinajstić information content (AvgIpc) is 2.74. The van der Waals surface area contributed by atoms with Gasteiger partial charge in [0, 0.05) is 24.2 Å². The number of amides is 1. The number of nitrogens with zero attached hydrogens (tertiary/aromatic N) is 2. The molecule has 2 aromatic rings. The van der Waals surface area contributed by atoms with Crippen LogP contribution in [-0.4, -0.2) is 49.9 Å². The van der Waals surface area contributed by atoms with E-state index in [1.807, 2.05) is 0 Å². The predicted molar refractivity (Wildman–Crippen MR) is 120 cm³/mol. The fraction of sp³-hybridized carbons (Fsp3) is 0.350. The van der Waals surface area contributed by atoms with Gasteiger partial charge in [-0.05, 0) is 37.3 Å². The van der Waals surface area contributed by atoms with E-state index in [9.17, 15) is 23.3 Å². The molecule has 0 aliphatic carbocycles. The third kappa shape index (κ3) is 5.67. The lowest BCUT2D eigenvalue weighted by atomic mass is 10.2. The van der Waals surface area contributed by atoms with Crippen molar-refractivity contribution in [3.8, 4) is 11.5 Å². The first kappa shape index (κ1) is 25.4. The van der Waals surface area contributed by atoms with Gasteiger partial charge in [0.05, 0.1) is 22.6 Å². The summed E-state index contributed by atoms with van der Waals surface area (Å²) >= 11 is 5.95. The van der Waals surface area contributed by atoms with Crippen LogP contribution in [0, 0.1) is 10.1 Å². The van der Waals surface area contributed by atoms with Gasteiger partial charge in [0.15, 0.2) is 11.9 Å². The van der Waals surface area contributed by atoms with Crippen LogP contribution in [0.3, 0.4) is 0 Å². The Morgan fingerprint density at radius 3 is 2.38 bits per heavy atom. The predicted octanol–water partition coefficient (Wildman–Crippen LogP) is 3.69. The van der Waals surface area contributed by atoms with Gasteiger partial charge in [-0.2, -0.15) is 4.31 Å². The lowest BCUT2D eigenvalue weighted by Gasteiger charge is -2.19. The highest BCUT2D eigenvalue weighted by molar-refractivity contribution is 7.89. The van der Waals surface area contributed by atoms with Crippen LogP contribution in [0.4, 0.5) is 11.4 Å². The van der Waals surface area contributed by atoms with Crippen molar-refractivity contribution < 1.29 is 27.6 Å². The molecule has 2 rings (SSSR count). The summed E-state index contributed by atoms with van der Waals surface area (Å²) in [6, 6.07) is 7.95. The third-order valence-corrected chi connectivity index (χ3v) is 6.84. The summed E-state index contributed by atoms with van der Waals surface area (Å²) < 4.78 is 37.2. The molecule has 1 unspecified atom stereocenters. The summed E-state index contributed by atoms with van der Waals surface area (Å²) in [7, 11) is -2.48. The molecule has 0 saturated heterocycles. The molecule has 12 heteroatoms. The Morgan fingerprint density at radius 2 is 1.81 bits per heavy atom. The summed E-state index contributed by atoms with van der Waals surface area (Å²) in [4.78, 5) is 23.1. The molecule has 0 aliphatic rings. The van der Waals surface area contributed by atoms with Crippen molar-refractivity contribution in [3.63, 3.8) is 0 Å². The number of rotatable bonds is 10. The standard InChI is InChI=1S/C20H24ClN3O7S/c1-5-23(6-2)32(28,29)15-8-10-19(17(12-15)24(26)27)31-13(3)20(25)22-16-11-14(21)7-9-18(16)30-4/h7-13H,5-6H2,1-4H3,(H,22,25). The fourth-order valence-electron chi connectivity index (χ4n) is 2.87. The molecule has 32 heavy (non-hydrogen) atoms. The van der Waals surface area contributed by atoms with Crippen LogP contribution in [0.2, 0.25) is 5.02 Å². The van der Waals surface area contributed by atoms with E-state index in [1.54, 1.807) is 26.0 Å². The number of nitro groups is 1. The van der Waals surface area contributed by atoms with Crippen LogP contribution in [0.15, 0.2) is 41.3 Å². The first-order valence-corrected chi connectivity index (χ1v) is 11.5. The van der Waals surface area contributed by atoms with Gasteiger partial charge in [-0.25, -0.2) is 8.42 Å². The minimum Gasteiger partial charge on any atom is -0.495 e. The van der Waals surface area contributed by atoms with E-state index in [0.717, 1.165) is 12.1 Å². The van der Waals surface area contributed by atoms with Crippen molar-refractivity contribution in [2.45, 2.75) is 31.8 Å². The van der Waals surface area contributed by atoms with E-state index in [-0.39, 0.29) is 23.7 Å². The highest BCUT2D eigenvalue weighted by atomic mass is 35.5. The van der Waals surface area contributed by atoms with E-state index < -0.39 is 32.6 Å². The van der Waals surface area contributed by atoms with Crippen LogP contribution >= 0.6 is 11.6 Å². The molecule has 10 nitrogen and oxygen atoms in total. The minimum atomic E-state index is -3.90. The number of sulfonamides is 1. The maximum atomic E-state index is 12.7. The number of anilines is 1. The number of ether oxygens (including phenoxy) is 2. The SMILES string of the molecule is CCN(CC)S(=O)(=O)c1ccc(OC(C)C(=O)Nc2cc(Cl)ccc2OC)c([N+](=O)[O-])c1. The van der Waals surface area contributed by atoms with Gasteiger partial charge >= 0.3 is 5.69 Å². The Kier molecular flexibility index (Phi) is 8.42. The van der Waals surface area contributed by atoms with Gasteiger partial charge in [-0.15, -0.1) is 0 Å². The van der Waals surface area contributed by atoms with E-state index in [1.165, 1.54) is 30.5 Å². The Labute approximate surface area is 191 Å². The van der Waals surface area contributed by atoms with Gasteiger partial charge in [0.25, 0.3) is 5.91 Å². The molecule has 0 bridgehead atoms. The smallest absolute Gasteiger partial charge is 0.312 e. The molecule has 0 spiro atoms.